The van der Waals surface area contributed by atoms with Gasteiger partial charge in [0.15, 0.2) is 0 Å². The van der Waals surface area contributed by atoms with Crippen molar-refractivity contribution in [1.82, 2.24) is 15.1 Å². The van der Waals surface area contributed by atoms with Crippen LogP contribution in [0.3, 0.4) is 0 Å². The highest BCUT2D eigenvalue weighted by Crippen LogP contribution is 2.20. The number of benzene rings is 1. The van der Waals surface area contributed by atoms with Gasteiger partial charge in [-0.15, -0.1) is 0 Å². The van der Waals surface area contributed by atoms with Crippen molar-refractivity contribution < 1.29 is 18.8 Å². The number of piperazine rings is 1. The summed E-state index contributed by atoms with van der Waals surface area (Å²) >= 11 is 0. The normalized spacial score (nSPS) is 15.2. The Morgan fingerprint density at radius 2 is 1.68 bits per heavy atom. The van der Waals surface area contributed by atoms with Gasteiger partial charge in [0.2, 0.25) is 11.8 Å². The molecule has 0 radical (unpaired) electrons. The summed E-state index contributed by atoms with van der Waals surface area (Å²) < 4.78 is 4.96. The lowest BCUT2D eigenvalue weighted by Gasteiger charge is -2.35. The van der Waals surface area contributed by atoms with E-state index in [9.17, 15) is 14.4 Å². The predicted molar refractivity (Wildman–Crippen MR) is 104 cm³/mol. The van der Waals surface area contributed by atoms with E-state index in [0.29, 0.717) is 31.7 Å². The van der Waals surface area contributed by atoms with Gasteiger partial charge in [0.1, 0.15) is 6.26 Å². The van der Waals surface area contributed by atoms with Gasteiger partial charge in [0.25, 0.3) is 5.91 Å². The molecule has 1 aromatic carbocycles. The highest BCUT2D eigenvalue weighted by atomic mass is 16.3. The molecule has 2 heterocycles. The number of aryl methyl sites for hydroxylation is 1. The molecule has 1 aromatic heterocycles. The maximum Gasteiger partial charge on any atom is 0.257 e. The van der Waals surface area contributed by atoms with E-state index in [-0.39, 0.29) is 30.2 Å². The van der Waals surface area contributed by atoms with E-state index in [1.807, 2.05) is 31.2 Å². The number of amides is 3. The third kappa shape index (κ3) is 4.79. The Morgan fingerprint density at radius 1 is 1.04 bits per heavy atom. The van der Waals surface area contributed by atoms with Crippen molar-refractivity contribution in [2.75, 3.05) is 26.2 Å². The maximum absolute atomic E-state index is 12.8. The van der Waals surface area contributed by atoms with Crippen molar-refractivity contribution in [3.8, 4) is 0 Å². The third-order valence-electron chi connectivity index (χ3n) is 4.92. The lowest BCUT2D eigenvalue weighted by molar-refractivity contribution is -0.133. The standard InChI is InChI=1S/C21H25N3O4/c1-15-3-5-17(6-4-15)19(22-16(2)25)13-20(26)23-8-10-24(11-9-23)21(27)18-7-12-28-14-18/h3-7,12,14,19H,8-11,13H2,1-2H3,(H,22,25). The van der Waals surface area contributed by atoms with Crippen molar-refractivity contribution in [3.05, 3.63) is 59.5 Å². The Hall–Kier alpha value is -3.09. The summed E-state index contributed by atoms with van der Waals surface area (Å²) in [6.07, 6.45) is 3.10. The molecule has 0 saturated carbocycles. The van der Waals surface area contributed by atoms with Crippen LogP contribution in [0.1, 0.15) is 40.9 Å². The van der Waals surface area contributed by atoms with Crippen molar-refractivity contribution >= 4 is 17.7 Å². The summed E-state index contributed by atoms with van der Waals surface area (Å²) in [5, 5.41) is 2.87. The number of carbonyl (C=O) groups is 3. The molecule has 0 spiro atoms. The first-order valence-corrected chi connectivity index (χ1v) is 9.37. The number of rotatable bonds is 5. The number of hydrogen-bond acceptors (Lipinski definition) is 4. The largest absolute Gasteiger partial charge is 0.472 e. The Morgan fingerprint density at radius 3 is 2.25 bits per heavy atom. The molecule has 1 aliphatic rings. The Labute approximate surface area is 164 Å². The summed E-state index contributed by atoms with van der Waals surface area (Å²) in [4.78, 5) is 40.2. The summed E-state index contributed by atoms with van der Waals surface area (Å²) in [6, 6.07) is 9.08. The first kappa shape index (κ1) is 19.7. The second kappa shape index (κ2) is 8.73. The number of hydrogen-bond donors (Lipinski definition) is 1. The van der Waals surface area contributed by atoms with Crippen molar-refractivity contribution in [3.63, 3.8) is 0 Å². The Kier molecular flexibility index (Phi) is 6.13. The average molecular weight is 383 g/mol. The monoisotopic (exact) mass is 383 g/mol. The van der Waals surface area contributed by atoms with Gasteiger partial charge < -0.3 is 19.5 Å². The van der Waals surface area contributed by atoms with E-state index >= 15 is 0 Å². The van der Waals surface area contributed by atoms with Gasteiger partial charge in [-0.2, -0.15) is 0 Å². The van der Waals surface area contributed by atoms with E-state index in [1.54, 1.807) is 15.9 Å². The lowest BCUT2D eigenvalue weighted by Crippen LogP contribution is -2.51. The van der Waals surface area contributed by atoms with E-state index in [2.05, 4.69) is 5.32 Å². The fourth-order valence-corrected chi connectivity index (χ4v) is 3.33. The van der Waals surface area contributed by atoms with Gasteiger partial charge in [0, 0.05) is 33.1 Å². The van der Waals surface area contributed by atoms with Gasteiger partial charge in [-0.05, 0) is 18.6 Å². The molecule has 7 nitrogen and oxygen atoms in total. The number of nitrogens with one attached hydrogen (secondary N) is 1. The van der Waals surface area contributed by atoms with Crippen LogP contribution in [0.2, 0.25) is 0 Å². The van der Waals surface area contributed by atoms with Gasteiger partial charge in [-0.1, -0.05) is 29.8 Å². The molecule has 148 valence electrons. The van der Waals surface area contributed by atoms with Crippen molar-refractivity contribution in [2.24, 2.45) is 0 Å². The molecule has 2 aromatic rings. The van der Waals surface area contributed by atoms with Crippen molar-refractivity contribution in [1.29, 1.82) is 0 Å². The van der Waals surface area contributed by atoms with Crippen molar-refractivity contribution in [2.45, 2.75) is 26.3 Å². The third-order valence-corrected chi connectivity index (χ3v) is 4.92. The van der Waals surface area contributed by atoms with Crippen LogP contribution in [0, 0.1) is 6.92 Å². The summed E-state index contributed by atoms with van der Waals surface area (Å²) in [7, 11) is 0. The van der Waals surface area contributed by atoms with E-state index in [1.165, 1.54) is 19.5 Å². The summed E-state index contributed by atoms with van der Waals surface area (Å²) in [6.45, 7) is 5.35. The van der Waals surface area contributed by atoms with Crippen LogP contribution >= 0.6 is 0 Å². The molecule has 1 aliphatic heterocycles. The van der Waals surface area contributed by atoms with E-state index in [4.69, 9.17) is 4.42 Å². The summed E-state index contributed by atoms with van der Waals surface area (Å²) in [5.41, 5.74) is 2.54. The Balaban J connectivity index is 1.59. The molecular weight excluding hydrogens is 358 g/mol. The first-order chi connectivity index (χ1) is 13.4. The van der Waals surface area contributed by atoms with Gasteiger partial charge in [-0.25, -0.2) is 0 Å². The quantitative estimate of drug-likeness (QED) is 0.858. The van der Waals surface area contributed by atoms with Gasteiger partial charge >= 0.3 is 0 Å². The molecule has 3 amide bonds. The molecule has 3 rings (SSSR count). The van der Waals surface area contributed by atoms with Gasteiger partial charge in [-0.3, -0.25) is 14.4 Å². The number of furan rings is 1. The minimum atomic E-state index is -0.365. The molecule has 1 fully saturated rings. The number of nitrogens with zero attached hydrogens (tertiary/aromatic N) is 2. The lowest BCUT2D eigenvalue weighted by atomic mass is 10.0. The molecule has 0 aliphatic carbocycles. The van der Waals surface area contributed by atoms with Crippen LogP contribution in [0.4, 0.5) is 0 Å². The molecule has 1 saturated heterocycles. The second-order valence-corrected chi connectivity index (χ2v) is 7.05. The molecule has 1 N–H and O–H groups in total. The minimum absolute atomic E-state index is 0.0327. The second-order valence-electron chi connectivity index (χ2n) is 7.05. The smallest absolute Gasteiger partial charge is 0.257 e. The van der Waals surface area contributed by atoms with E-state index in [0.717, 1.165) is 11.1 Å². The van der Waals surface area contributed by atoms with Gasteiger partial charge in [0.05, 0.1) is 24.3 Å². The molecule has 1 atom stereocenters. The van der Waals surface area contributed by atoms with Crippen LogP contribution in [-0.4, -0.2) is 53.7 Å². The van der Waals surface area contributed by atoms with Crippen LogP contribution in [-0.2, 0) is 9.59 Å². The molecule has 7 heteroatoms. The predicted octanol–water partition coefficient (Wildman–Crippen LogP) is 2.14. The SMILES string of the molecule is CC(=O)NC(CC(=O)N1CCN(C(=O)c2ccoc2)CC1)c1ccc(C)cc1. The molecule has 0 bridgehead atoms. The van der Waals surface area contributed by atoms with Crippen LogP contribution in [0.15, 0.2) is 47.3 Å². The zero-order chi connectivity index (χ0) is 20.1. The average Bonchev–Trinajstić information content (AvgIpc) is 3.22. The highest BCUT2D eigenvalue weighted by molar-refractivity contribution is 5.94. The van der Waals surface area contributed by atoms with Crippen LogP contribution < -0.4 is 5.32 Å². The van der Waals surface area contributed by atoms with Crippen LogP contribution in [0.25, 0.3) is 0 Å². The summed E-state index contributed by atoms with van der Waals surface area (Å²) in [5.74, 6) is -0.291. The van der Waals surface area contributed by atoms with Crippen LogP contribution in [0.5, 0.6) is 0 Å². The minimum Gasteiger partial charge on any atom is -0.472 e. The molecule has 1 unspecified atom stereocenters. The molecular formula is C21H25N3O4. The topological polar surface area (TPSA) is 82.9 Å². The fraction of sp³-hybridized carbons (Fsp3) is 0.381. The zero-order valence-corrected chi connectivity index (χ0v) is 16.2. The van der Waals surface area contributed by atoms with E-state index < -0.39 is 0 Å². The zero-order valence-electron chi connectivity index (χ0n) is 16.2. The highest BCUT2D eigenvalue weighted by Gasteiger charge is 2.27. The Bertz CT molecular complexity index is 822. The number of carbonyl (C=O) groups excluding carboxylic acids is 3. The fourth-order valence-electron chi connectivity index (χ4n) is 3.33. The molecule has 28 heavy (non-hydrogen) atoms. The first-order valence-electron chi connectivity index (χ1n) is 9.37. The maximum atomic E-state index is 12.8.